The number of hydrogen-bond acceptors (Lipinski definition) is 4. The lowest BCUT2D eigenvalue weighted by atomic mass is 9.82. The van der Waals surface area contributed by atoms with Crippen LogP contribution >= 0.6 is 11.6 Å². The predicted molar refractivity (Wildman–Crippen MR) is 90.5 cm³/mol. The number of halogens is 2. The molecule has 0 aliphatic carbocycles. The highest BCUT2D eigenvalue weighted by Crippen LogP contribution is 2.48. The lowest BCUT2D eigenvalue weighted by molar-refractivity contribution is -0.383. The predicted octanol–water partition coefficient (Wildman–Crippen LogP) is 4.17. The van der Waals surface area contributed by atoms with Gasteiger partial charge in [-0.2, -0.15) is 0 Å². The second kappa shape index (κ2) is 5.40. The second-order valence-corrected chi connectivity index (χ2v) is 6.25. The standard InChI is InChI=1S/C18H11ClFNO4/c19-14-8-15(21(23)24)12-2-1-3-13-16(12)17(14)25-9-18(13,22)10-4-6-11(20)7-5-10/h1-8,22H,9H2. The molecule has 126 valence electrons. The number of ether oxygens (including phenoxy) is 1. The first-order chi connectivity index (χ1) is 11.9. The third-order valence-electron chi connectivity index (χ3n) is 4.44. The molecular formula is C18H11ClFNO4. The largest absolute Gasteiger partial charge is 0.488 e. The fourth-order valence-corrected chi connectivity index (χ4v) is 3.50. The van der Waals surface area contributed by atoms with Crippen molar-refractivity contribution >= 4 is 28.1 Å². The highest BCUT2D eigenvalue weighted by atomic mass is 35.5. The van der Waals surface area contributed by atoms with Crippen LogP contribution in [-0.2, 0) is 5.60 Å². The van der Waals surface area contributed by atoms with Crippen molar-refractivity contribution in [1.29, 1.82) is 0 Å². The summed E-state index contributed by atoms with van der Waals surface area (Å²) in [5, 5.41) is 23.4. The molecule has 1 N–H and O–H groups in total. The Bertz CT molecular complexity index is 1020. The van der Waals surface area contributed by atoms with Crippen LogP contribution in [0.25, 0.3) is 10.8 Å². The molecule has 0 radical (unpaired) electrons. The normalized spacial score (nSPS) is 18.8. The van der Waals surface area contributed by atoms with Crippen molar-refractivity contribution < 1.29 is 19.2 Å². The monoisotopic (exact) mass is 359 g/mol. The number of nitro groups is 1. The lowest BCUT2D eigenvalue weighted by Crippen LogP contribution is -2.37. The minimum Gasteiger partial charge on any atom is -0.488 e. The SMILES string of the molecule is O=[N+]([O-])c1cc(Cl)c2c3c(cccc13)C(O)(c1ccc(F)cc1)CO2. The molecular weight excluding hydrogens is 349 g/mol. The molecule has 0 bridgehead atoms. The highest BCUT2D eigenvalue weighted by molar-refractivity contribution is 6.34. The van der Waals surface area contributed by atoms with E-state index in [1.807, 2.05) is 0 Å². The molecule has 3 aromatic carbocycles. The molecule has 0 spiro atoms. The van der Waals surface area contributed by atoms with Gasteiger partial charge in [0, 0.05) is 17.0 Å². The summed E-state index contributed by atoms with van der Waals surface area (Å²) < 4.78 is 18.9. The zero-order valence-corrected chi connectivity index (χ0v) is 13.5. The Kier molecular flexibility index (Phi) is 3.42. The quantitative estimate of drug-likeness (QED) is 0.550. The lowest BCUT2D eigenvalue weighted by Gasteiger charge is -2.35. The highest BCUT2D eigenvalue weighted by Gasteiger charge is 2.40. The summed E-state index contributed by atoms with van der Waals surface area (Å²) in [5.74, 6) is -0.133. The van der Waals surface area contributed by atoms with Gasteiger partial charge in [0.05, 0.1) is 15.3 Å². The van der Waals surface area contributed by atoms with Crippen molar-refractivity contribution in [2.24, 2.45) is 0 Å². The molecule has 0 fully saturated rings. The van der Waals surface area contributed by atoms with Crippen LogP contribution in [0.15, 0.2) is 48.5 Å². The van der Waals surface area contributed by atoms with Crippen molar-refractivity contribution in [2.45, 2.75) is 5.60 Å². The number of non-ortho nitro benzene ring substituents is 1. The van der Waals surface area contributed by atoms with Crippen LogP contribution in [0.4, 0.5) is 10.1 Å². The number of benzene rings is 3. The zero-order chi connectivity index (χ0) is 17.8. The van der Waals surface area contributed by atoms with Crippen LogP contribution in [0.1, 0.15) is 11.1 Å². The third kappa shape index (κ3) is 2.26. The molecule has 0 saturated carbocycles. The topological polar surface area (TPSA) is 72.6 Å². The molecule has 4 rings (SSSR count). The molecule has 1 heterocycles. The van der Waals surface area contributed by atoms with Crippen molar-refractivity contribution in [3.05, 3.63) is 80.6 Å². The van der Waals surface area contributed by atoms with Gasteiger partial charge in [-0.1, -0.05) is 35.9 Å². The van der Waals surface area contributed by atoms with Gasteiger partial charge in [-0.3, -0.25) is 10.1 Å². The van der Waals surface area contributed by atoms with Crippen LogP contribution in [0.2, 0.25) is 5.02 Å². The Morgan fingerprint density at radius 3 is 2.64 bits per heavy atom. The maximum absolute atomic E-state index is 13.2. The Morgan fingerprint density at radius 2 is 1.96 bits per heavy atom. The van der Waals surface area contributed by atoms with Crippen LogP contribution in [0.3, 0.4) is 0 Å². The number of nitro benzene ring substituents is 1. The molecule has 1 unspecified atom stereocenters. The van der Waals surface area contributed by atoms with Crippen molar-refractivity contribution in [3.8, 4) is 5.75 Å². The van der Waals surface area contributed by atoms with E-state index in [1.165, 1.54) is 30.3 Å². The van der Waals surface area contributed by atoms with Gasteiger partial charge < -0.3 is 9.84 Å². The summed E-state index contributed by atoms with van der Waals surface area (Å²) in [5.41, 5.74) is -0.880. The number of rotatable bonds is 2. The maximum Gasteiger partial charge on any atom is 0.278 e. The summed E-state index contributed by atoms with van der Waals surface area (Å²) in [4.78, 5) is 10.8. The van der Waals surface area contributed by atoms with Gasteiger partial charge in [-0.05, 0) is 23.8 Å². The zero-order valence-electron chi connectivity index (χ0n) is 12.7. The van der Waals surface area contributed by atoms with Gasteiger partial charge in [-0.15, -0.1) is 0 Å². The summed E-state index contributed by atoms with van der Waals surface area (Å²) in [7, 11) is 0. The van der Waals surface area contributed by atoms with E-state index in [-0.39, 0.29) is 17.3 Å². The minimum absolute atomic E-state index is 0.104. The van der Waals surface area contributed by atoms with Crippen molar-refractivity contribution in [3.63, 3.8) is 0 Å². The Balaban J connectivity index is 2.06. The molecule has 0 saturated heterocycles. The maximum atomic E-state index is 13.2. The summed E-state index contributed by atoms with van der Waals surface area (Å²) in [6.07, 6.45) is 0. The average molecular weight is 360 g/mol. The Labute approximate surface area is 146 Å². The van der Waals surface area contributed by atoms with E-state index in [2.05, 4.69) is 0 Å². The first-order valence-electron chi connectivity index (χ1n) is 7.43. The van der Waals surface area contributed by atoms with Crippen molar-refractivity contribution in [1.82, 2.24) is 0 Å². The summed E-state index contributed by atoms with van der Waals surface area (Å²) >= 11 is 6.16. The molecule has 7 heteroatoms. The van der Waals surface area contributed by atoms with Crippen LogP contribution in [-0.4, -0.2) is 16.6 Å². The molecule has 1 atom stereocenters. The first-order valence-corrected chi connectivity index (χ1v) is 7.81. The summed E-state index contributed by atoms with van der Waals surface area (Å²) in [6, 6.07) is 11.5. The second-order valence-electron chi connectivity index (χ2n) is 5.85. The van der Waals surface area contributed by atoms with E-state index >= 15 is 0 Å². The fraction of sp³-hybridized carbons (Fsp3) is 0.111. The van der Waals surface area contributed by atoms with E-state index in [0.717, 1.165) is 0 Å². The van der Waals surface area contributed by atoms with E-state index in [1.54, 1.807) is 18.2 Å². The Morgan fingerprint density at radius 1 is 1.24 bits per heavy atom. The molecule has 0 amide bonds. The van der Waals surface area contributed by atoms with E-state index in [0.29, 0.717) is 27.6 Å². The number of aliphatic hydroxyl groups is 1. The number of hydrogen-bond donors (Lipinski definition) is 1. The van der Waals surface area contributed by atoms with Gasteiger partial charge in [0.15, 0.2) is 0 Å². The molecule has 1 aliphatic heterocycles. The van der Waals surface area contributed by atoms with Gasteiger partial charge in [0.2, 0.25) is 0 Å². The molecule has 3 aromatic rings. The molecule has 5 nitrogen and oxygen atoms in total. The van der Waals surface area contributed by atoms with Crippen LogP contribution in [0, 0.1) is 15.9 Å². The minimum atomic E-state index is -1.57. The van der Waals surface area contributed by atoms with Crippen LogP contribution < -0.4 is 4.74 Å². The number of nitrogens with zero attached hydrogens (tertiary/aromatic N) is 1. The van der Waals surface area contributed by atoms with E-state index in [4.69, 9.17) is 16.3 Å². The molecule has 1 aliphatic rings. The van der Waals surface area contributed by atoms with Gasteiger partial charge in [0.1, 0.15) is 23.8 Å². The average Bonchev–Trinajstić information content (AvgIpc) is 2.60. The molecule has 0 aromatic heterocycles. The van der Waals surface area contributed by atoms with E-state index < -0.39 is 16.3 Å². The summed E-state index contributed by atoms with van der Waals surface area (Å²) in [6.45, 7) is -0.137. The molecule has 25 heavy (non-hydrogen) atoms. The smallest absolute Gasteiger partial charge is 0.278 e. The van der Waals surface area contributed by atoms with Gasteiger partial charge in [0.25, 0.3) is 5.69 Å². The first kappa shape index (κ1) is 15.8. The fourth-order valence-electron chi connectivity index (χ4n) is 3.25. The third-order valence-corrected chi connectivity index (χ3v) is 4.72. The van der Waals surface area contributed by atoms with E-state index in [9.17, 15) is 19.6 Å². The Hall–Kier alpha value is -2.70. The van der Waals surface area contributed by atoms with Crippen molar-refractivity contribution in [2.75, 3.05) is 6.61 Å². The van der Waals surface area contributed by atoms with Gasteiger partial charge in [-0.25, -0.2) is 4.39 Å². The van der Waals surface area contributed by atoms with Gasteiger partial charge >= 0.3 is 0 Å². The van der Waals surface area contributed by atoms with Crippen LogP contribution in [0.5, 0.6) is 5.75 Å².